The van der Waals surface area contributed by atoms with Crippen molar-refractivity contribution in [2.75, 3.05) is 12.4 Å². The fourth-order valence-electron chi connectivity index (χ4n) is 2.61. The van der Waals surface area contributed by atoms with Gasteiger partial charge in [0.25, 0.3) is 5.91 Å². The van der Waals surface area contributed by atoms with E-state index < -0.39 is 5.91 Å². The van der Waals surface area contributed by atoms with Crippen LogP contribution < -0.4 is 14.8 Å². The van der Waals surface area contributed by atoms with Gasteiger partial charge in [0.05, 0.1) is 7.11 Å². The molecule has 7 nitrogen and oxygen atoms in total. The molecule has 0 bridgehead atoms. The second kappa shape index (κ2) is 10.7. The predicted octanol–water partition coefficient (Wildman–Crippen LogP) is 5.00. The second-order valence-corrected chi connectivity index (χ2v) is 8.29. The quantitative estimate of drug-likeness (QED) is 0.346. The number of amides is 1. The number of nitriles is 1. The number of nitrogens with zero attached hydrogens (tertiary/aromatic N) is 3. The third-order valence-electron chi connectivity index (χ3n) is 4.14. The molecule has 158 valence electrons. The van der Waals surface area contributed by atoms with Crippen LogP contribution in [0.3, 0.4) is 0 Å². The number of aryl methyl sites for hydroxylation is 1. The summed E-state index contributed by atoms with van der Waals surface area (Å²) in [6.45, 7) is 2.32. The van der Waals surface area contributed by atoms with E-state index in [9.17, 15) is 10.1 Å². The van der Waals surface area contributed by atoms with Crippen LogP contribution in [-0.2, 0) is 17.8 Å². The van der Waals surface area contributed by atoms with E-state index >= 15 is 0 Å². The maximum atomic E-state index is 12.4. The summed E-state index contributed by atoms with van der Waals surface area (Å²) in [6.07, 6.45) is 2.21. The first-order chi connectivity index (χ1) is 15.0. The van der Waals surface area contributed by atoms with Crippen molar-refractivity contribution in [3.63, 3.8) is 0 Å². The molecule has 0 aliphatic heterocycles. The Labute approximate surface area is 192 Å². The fourth-order valence-corrected chi connectivity index (χ4v) is 3.73. The van der Waals surface area contributed by atoms with Crippen LogP contribution in [0.1, 0.15) is 23.1 Å². The Morgan fingerprint density at radius 2 is 2.10 bits per heavy atom. The van der Waals surface area contributed by atoms with Crippen molar-refractivity contribution < 1.29 is 14.3 Å². The highest BCUT2D eigenvalue weighted by atomic mass is 79.9. The number of ether oxygens (including phenoxy) is 2. The van der Waals surface area contributed by atoms with Crippen LogP contribution in [0.5, 0.6) is 11.5 Å². The van der Waals surface area contributed by atoms with Gasteiger partial charge in [0.15, 0.2) is 11.5 Å². The highest BCUT2D eigenvalue weighted by Gasteiger charge is 2.13. The van der Waals surface area contributed by atoms with Crippen LogP contribution in [0.4, 0.5) is 5.13 Å². The van der Waals surface area contributed by atoms with Gasteiger partial charge in [-0.3, -0.25) is 10.1 Å². The third kappa shape index (κ3) is 6.13. The fraction of sp³-hybridized carbons (Fsp3) is 0.182. The summed E-state index contributed by atoms with van der Waals surface area (Å²) in [5.74, 6) is 0.511. The van der Waals surface area contributed by atoms with Crippen LogP contribution in [0, 0.1) is 11.3 Å². The lowest BCUT2D eigenvalue weighted by Crippen LogP contribution is -2.13. The molecule has 3 rings (SSSR count). The molecule has 0 radical (unpaired) electrons. The lowest BCUT2D eigenvalue weighted by atomic mass is 10.1. The molecule has 0 unspecified atom stereocenters. The van der Waals surface area contributed by atoms with Crippen molar-refractivity contribution in [2.24, 2.45) is 0 Å². The van der Waals surface area contributed by atoms with Gasteiger partial charge in [-0.1, -0.05) is 52.4 Å². The Morgan fingerprint density at radius 3 is 2.77 bits per heavy atom. The molecule has 1 aromatic heterocycles. The molecule has 3 aromatic rings. The SMILES string of the molecule is CCc1nnc(NC(=O)/C(C#N)=C/c2ccc(OCc3cccc(Br)c3)c(OC)c2)s1. The second-order valence-electron chi connectivity index (χ2n) is 6.31. The van der Waals surface area contributed by atoms with E-state index in [1.807, 2.05) is 37.3 Å². The average molecular weight is 499 g/mol. The molecule has 0 fully saturated rings. The van der Waals surface area contributed by atoms with E-state index in [4.69, 9.17) is 9.47 Å². The number of aromatic nitrogens is 2. The van der Waals surface area contributed by atoms with Gasteiger partial charge in [0.1, 0.15) is 23.3 Å². The molecule has 1 heterocycles. The number of carbonyl (C=O) groups excluding carboxylic acids is 1. The van der Waals surface area contributed by atoms with E-state index in [2.05, 4.69) is 31.4 Å². The van der Waals surface area contributed by atoms with Gasteiger partial charge in [-0.15, -0.1) is 10.2 Å². The first-order valence-corrected chi connectivity index (χ1v) is 10.9. The molecule has 0 saturated heterocycles. The number of nitrogens with one attached hydrogen (secondary N) is 1. The Kier molecular flexibility index (Phi) is 7.76. The normalized spacial score (nSPS) is 11.0. The van der Waals surface area contributed by atoms with Gasteiger partial charge in [-0.25, -0.2) is 0 Å². The summed E-state index contributed by atoms with van der Waals surface area (Å²) in [7, 11) is 1.54. The number of hydrogen-bond donors (Lipinski definition) is 1. The van der Waals surface area contributed by atoms with E-state index in [0.717, 1.165) is 21.5 Å². The van der Waals surface area contributed by atoms with E-state index in [0.29, 0.717) is 28.8 Å². The maximum absolute atomic E-state index is 12.4. The van der Waals surface area contributed by atoms with Crippen molar-refractivity contribution in [1.29, 1.82) is 5.26 Å². The Hall–Kier alpha value is -3.22. The number of hydrogen-bond acceptors (Lipinski definition) is 7. The number of halogens is 1. The number of methoxy groups -OCH3 is 1. The first kappa shape index (κ1) is 22.5. The Bertz CT molecular complexity index is 1150. The first-order valence-electron chi connectivity index (χ1n) is 9.33. The number of carbonyl (C=O) groups is 1. The molecule has 1 amide bonds. The lowest BCUT2D eigenvalue weighted by Gasteiger charge is -2.12. The standard InChI is InChI=1S/C22H19BrN4O3S/c1-3-20-26-27-22(31-20)25-21(28)16(12-24)9-14-7-8-18(19(11-14)29-2)30-13-15-5-4-6-17(23)10-15/h4-11H,3,13H2,1-2H3,(H,25,27,28)/b16-9+. The zero-order chi connectivity index (χ0) is 22.2. The molecule has 2 aromatic carbocycles. The molecule has 0 spiro atoms. The van der Waals surface area contributed by atoms with Crippen LogP contribution >= 0.6 is 27.3 Å². The molecular weight excluding hydrogens is 480 g/mol. The largest absolute Gasteiger partial charge is 0.493 e. The van der Waals surface area contributed by atoms with Crippen LogP contribution in [0.25, 0.3) is 6.08 Å². The zero-order valence-electron chi connectivity index (χ0n) is 16.9. The van der Waals surface area contributed by atoms with Gasteiger partial charge < -0.3 is 9.47 Å². The number of anilines is 1. The summed E-state index contributed by atoms with van der Waals surface area (Å²) >= 11 is 4.72. The van der Waals surface area contributed by atoms with Crippen molar-refractivity contribution in [3.05, 3.63) is 68.6 Å². The predicted molar refractivity (Wildman–Crippen MR) is 123 cm³/mol. The monoisotopic (exact) mass is 498 g/mol. The molecule has 0 saturated carbocycles. The average Bonchev–Trinajstić information content (AvgIpc) is 3.23. The smallest absolute Gasteiger partial charge is 0.268 e. The summed E-state index contributed by atoms with van der Waals surface area (Å²) in [5, 5.41) is 21.1. The molecule has 9 heteroatoms. The van der Waals surface area contributed by atoms with Crippen molar-refractivity contribution in [3.8, 4) is 17.6 Å². The van der Waals surface area contributed by atoms with E-state index in [1.54, 1.807) is 18.2 Å². The summed E-state index contributed by atoms with van der Waals surface area (Å²) in [6, 6.07) is 15.0. The summed E-state index contributed by atoms with van der Waals surface area (Å²) < 4.78 is 12.3. The highest BCUT2D eigenvalue weighted by molar-refractivity contribution is 9.10. The van der Waals surface area contributed by atoms with Crippen molar-refractivity contribution >= 4 is 44.4 Å². The summed E-state index contributed by atoms with van der Waals surface area (Å²) in [5.41, 5.74) is 1.58. The van der Waals surface area contributed by atoms with Gasteiger partial charge in [-0.05, 0) is 47.9 Å². The minimum absolute atomic E-state index is 0.0573. The lowest BCUT2D eigenvalue weighted by molar-refractivity contribution is -0.112. The van der Waals surface area contributed by atoms with E-state index in [1.165, 1.54) is 24.5 Å². The van der Waals surface area contributed by atoms with Crippen LogP contribution in [-0.4, -0.2) is 23.2 Å². The Balaban J connectivity index is 1.74. The van der Waals surface area contributed by atoms with Gasteiger partial charge in [0, 0.05) is 4.47 Å². The maximum Gasteiger partial charge on any atom is 0.268 e. The third-order valence-corrected chi connectivity index (χ3v) is 5.61. The molecule has 0 aliphatic rings. The zero-order valence-corrected chi connectivity index (χ0v) is 19.3. The minimum atomic E-state index is -0.546. The molecule has 1 N–H and O–H groups in total. The molecule has 0 atom stereocenters. The van der Waals surface area contributed by atoms with E-state index in [-0.39, 0.29) is 5.57 Å². The number of benzene rings is 2. The highest BCUT2D eigenvalue weighted by Crippen LogP contribution is 2.30. The van der Waals surface area contributed by atoms with Crippen molar-refractivity contribution in [1.82, 2.24) is 10.2 Å². The van der Waals surface area contributed by atoms with Crippen LogP contribution in [0.2, 0.25) is 0 Å². The Morgan fingerprint density at radius 1 is 1.26 bits per heavy atom. The number of rotatable bonds is 8. The van der Waals surface area contributed by atoms with Gasteiger partial charge in [0.2, 0.25) is 5.13 Å². The van der Waals surface area contributed by atoms with Crippen molar-refractivity contribution in [2.45, 2.75) is 20.0 Å². The molecular formula is C22H19BrN4O3S. The van der Waals surface area contributed by atoms with Gasteiger partial charge in [-0.2, -0.15) is 5.26 Å². The van der Waals surface area contributed by atoms with Crippen LogP contribution in [0.15, 0.2) is 52.5 Å². The molecule has 0 aliphatic carbocycles. The summed E-state index contributed by atoms with van der Waals surface area (Å²) in [4.78, 5) is 12.4. The minimum Gasteiger partial charge on any atom is -0.493 e. The topological polar surface area (TPSA) is 97.1 Å². The molecule has 31 heavy (non-hydrogen) atoms. The van der Waals surface area contributed by atoms with Gasteiger partial charge >= 0.3 is 0 Å².